The fourth-order valence-electron chi connectivity index (χ4n) is 0.546. The summed E-state index contributed by atoms with van der Waals surface area (Å²) in [7, 11) is 0. The van der Waals surface area contributed by atoms with Crippen LogP contribution in [0.1, 0.15) is 6.42 Å². The zero-order chi connectivity index (χ0) is 9.72. The van der Waals surface area contributed by atoms with Crippen molar-refractivity contribution in [2.45, 2.75) is 12.5 Å². The van der Waals surface area contributed by atoms with Crippen LogP contribution in [-0.2, 0) is 4.79 Å². The highest BCUT2D eigenvalue weighted by Gasteiger charge is 2.18. The molecule has 5 N–H and O–H groups in total. The standard InChI is InChI=1S/C5H8N2O4S/c6-5(11)7-2(4(10)12)1-3(8)9/h2H,1H2,(H,8,9)(H,10,12)(H3,6,7,11)/t2-/m0/s1. The third kappa shape index (κ3) is 4.45. The maximum atomic E-state index is 10.2. The van der Waals surface area contributed by atoms with Gasteiger partial charge in [-0.2, -0.15) is 0 Å². The zero-order valence-electron chi connectivity index (χ0n) is 5.98. The molecule has 0 fully saturated rings. The maximum Gasteiger partial charge on any atom is 0.312 e. The van der Waals surface area contributed by atoms with Crippen LogP contribution in [0.3, 0.4) is 0 Å². The van der Waals surface area contributed by atoms with Crippen molar-refractivity contribution >= 4 is 29.3 Å². The molecule has 7 heteroatoms. The fraction of sp³-hybridized carbons (Fsp3) is 0.400. The number of thiocarbonyl (C=S) groups is 1. The molecular weight excluding hydrogens is 184 g/mol. The summed E-state index contributed by atoms with van der Waals surface area (Å²) in [6, 6.07) is -2.03. The highest BCUT2D eigenvalue weighted by molar-refractivity contribution is 7.80. The molecule has 0 unspecified atom stereocenters. The average Bonchev–Trinajstić information content (AvgIpc) is 1.83. The maximum absolute atomic E-state index is 10.2. The van der Waals surface area contributed by atoms with Crippen molar-refractivity contribution in [1.29, 1.82) is 0 Å². The van der Waals surface area contributed by atoms with Gasteiger partial charge in [0.2, 0.25) is 0 Å². The van der Waals surface area contributed by atoms with E-state index in [4.69, 9.17) is 15.9 Å². The number of rotatable bonds is 4. The van der Waals surface area contributed by atoms with Crippen LogP contribution < -0.4 is 11.1 Å². The highest BCUT2D eigenvalue weighted by atomic mass is 32.1. The summed E-state index contributed by atoms with van der Waals surface area (Å²) in [4.78, 5) is 20.4. The third-order valence-corrected chi connectivity index (χ3v) is 1.28. The van der Waals surface area contributed by atoms with E-state index in [1.54, 1.807) is 0 Å². The van der Waals surface area contributed by atoms with Gasteiger partial charge in [0.25, 0.3) is 0 Å². The first kappa shape index (κ1) is 10.6. The average molecular weight is 192 g/mol. The minimum absolute atomic E-state index is 0.488. The molecule has 6 nitrogen and oxygen atoms in total. The molecule has 0 aliphatic heterocycles. The molecule has 0 aromatic heterocycles. The Hall–Kier alpha value is -1.37. The molecule has 1 atom stereocenters. The number of carboxylic acid groups (broad SMARTS) is 1. The first-order valence-corrected chi connectivity index (χ1v) is 3.35. The molecule has 0 rings (SSSR count). The predicted molar refractivity (Wildman–Crippen MR) is 44.0 cm³/mol. The summed E-state index contributed by atoms with van der Waals surface area (Å²) in [5, 5.41) is 18.4. The number of primary amides is 1. The molecule has 12 heavy (non-hydrogen) atoms. The van der Waals surface area contributed by atoms with Crippen LogP contribution in [0.4, 0.5) is 4.79 Å². The SMILES string of the molecule is NC(=O)N[C@@H](CC(=O)O)C(O)=S. The highest BCUT2D eigenvalue weighted by Crippen LogP contribution is 1.93. The van der Waals surface area contributed by atoms with E-state index in [9.17, 15) is 9.59 Å². The number of aliphatic carboxylic acids is 1. The predicted octanol–water partition coefficient (Wildman–Crippen LogP) is -0.617. The zero-order valence-corrected chi connectivity index (χ0v) is 6.80. The number of hydrogen-bond acceptors (Lipinski definition) is 3. The summed E-state index contributed by atoms with van der Waals surface area (Å²) in [6.45, 7) is 0. The smallest absolute Gasteiger partial charge is 0.312 e. The lowest BCUT2D eigenvalue weighted by molar-refractivity contribution is -0.137. The van der Waals surface area contributed by atoms with Crippen LogP contribution in [0, 0.1) is 0 Å². The largest absolute Gasteiger partial charge is 0.500 e. The van der Waals surface area contributed by atoms with E-state index < -0.39 is 29.5 Å². The van der Waals surface area contributed by atoms with E-state index in [0.717, 1.165) is 0 Å². The van der Waals surface area contributed by atoms with Gasteiger partial charge in [0.05, 0.1) is 6.42 Å². The topological polar surface area (TPSA) is 113 Å². The number of aliphatic hydroxyl groups is 1. The van der Waals surface area contributed by atoms with E-state index in [2.05, 4.69) is 12.2 Å². The van der Waals surface area contributed by atoms with Crippen LogP contribution in [-0.4, -0.2) is 33.3 Å². The molecule has 0 radical (unpaired) electrons. The quantitative estimate of drug-likeness (QED) is 0.443. The Morgan fingerprint density at radius 2 is 2.00 bits per heavy atom. The molecule has 2 amide bonds. The number of amides is 2. The molecule has 0 heterocycles. The Morgan fingerprint density at radius 1 is 1.50 bits per heavy atom. The summed E-state index contributed by atoms with van der Waals surface area (Å²) >= 11 is 4.28. The second-order valence-electron chi connectivity index (χ2n) is 2.00. The first-order chi connectivity index (χ1) is 5.43. The number of nitrogens with two attached hydrogens (primary N) is 1. The van der Waals surface area contributed by atoms with Gasteiger partial charge in [-0.05, 0) is 12.2 Å². The van der Waals surface area contributed by atoms with Crippen LogP contribution in [0.15, 0.2) is 0 Å². The molecule has 0 aliphatic carbocycles. The first-order valence-electron chi connectivity index (χ1n) is 2.94. The Labute approximate surface area is 73.4 Å². The minimum Gasteiger partial charge on any atom is -0.500 e. The number of nitrogens with one attached hydrogen (secondary N) is 1. The number of carbonyl (C=O) groups is 2. The lowest BCUT2D eigenvalue weighted by atomic mass is 10.2. The number of hydrogen-bond donors (Lipinski definition) is 4. The number of urea groups is 1. The molecule has 0 aromatic rings. The van der Waals surface area contributed by atoms with Crippen LogP contribution in [0.25, 0.3) is 0 Å². The molecular formula is C5H8N2O4S. The fourth-order valence-corrected chi connectivity index (χ4v) is 0.689. The molecule has 0 aliphatic rings. The molecule has 0 aromatic carbocycles. The third-order valence-electron chi connectivity index (χ3n) is 0.993. The van der Waals surface area contributed by atoms with E-state index in [1.165, 1.54) is 0 Å². The number of aliphatic hydroxyl groups excluding tert-OH is 1. The molecule has 0 spiro atoms. The van der Waals surface area contributed by atoms with Gasteiger partial charge in [-0.3, -0.25) is 4.79 Å². The van der Waals surface area contributed by atoms with Gasteiger partial charge in [0.15, 0.2) is 5.05 Å². The molecule has 0 saturated carbocycles. The summed E-state index contributed by atoms with van der Waals surface area (Å²) in [5.74, 6) is -1.19. The van der Waals surface area contributed by atoms with Crippen molar-refractivity contribution in [2.24, 2.45) is 5.73 Å². The Morgan fingerprint density at radius 3 is 2.25 bits per heavy atom. The Bertz CT molecular complexity index is 201. The summed E-state index contributed by atoms with van der Waals surface area (Å²) in [6.07, 6.45) is -0.488. The van der Waals surface area contributed by atoms with Crippen molar-refractivity contribution in [2.75, 3.05) is 0 Å². The normalized spacial score (nSPS) is 11.7. The van der Waals surface area contributed by atoms with E-state index >= 15 is 0 Å². The monoisotopic (exact) mass is 192 g/mol. The number of carboxylic acids is 1. The van der Waals surface area contributed by atoms with Crippen molar-refractivity contribution in [3.63, 3.8) is 0 Å². The van der Waals surface area contributed by atoms with Crippen LogP contribution >= 0.6 is 12.2 Å². The van der Waals surface area contributed by atoms with E-state index in [1.807, 2.05) is 5.32 Å². The Balaban J connectivity index is 4.14. The van der Waals surface area contributed by atoms with Crippen LogP contribution in [0.5, 0.6) is 0 Å². The lowest BCUT2D eigenvalue weighted by Gasteiger charge is -2.11. The molecule has 68 valence electrons. The van der Waals surface area contributed by atoms with Gasteiger partial charge < -0.3 is 21.3 Å². The lowest BCUT2D eigenvalue weighted by Crippen LogP contribution is -2.44. The molecule has 0 saturated heterocycles. The van der Waals surface area contributed by atoms with Gasteiger partial charge in [0, 0.05) is 0 Å². The van der Waals surface area contributed by atoms with Gasteiger partial charge in [-0.1, -0.05) is 0 Å². The van der Waals surface area contributed by atoms with Crippen molar-refractivity contribution in [1.82, 2.24) is 5.32 Å². The van der Waals surface area contributed by atoms with Gasteiger partial charge in [0.1, 0.15) is 6.04 Å². The van der Waals surface area contributed by atoms with Crippen molar-refractivity contribution in [3.05, 3.63) is 0 Å². The minimum atomic E-state index is -1.19. The second-order valence-corrected chi connectivity index (χ2v) is 2.42. The second kappa shape index (κ2) is 4.50. The molecule has 0 bridgehead atoms. The van der Waals surface area contributed by atoms with Gasteiger partial charge in [-0.25, -0.2) is 4.79 Å². The van der Waals surface area contributed by atoms with Crippen molar-refractivity contribution in [3.8, 4) is 0 Å². The van der Waals surface area contributed by atoms with Gasteiger partial charge >= 0.3 is 12.0 Å². The van der Waals surface area contributed by atoms with Crippen LogP contribution in [0.2, 0.25) is 0 Å². The van der Waals surface area contributed by atoms with E-state index in [0.29, 0.717) is 0 Å². The summed E-state index contributed by atoms with van der Waals surface area (Å²) in [5.41, 5.74) is 4.69. The summed E-state index contributed by atoms with van der Waals surface area (Å²) < 4.78 is 0. The Kier molecular flexibility index (Phi) is 3.98. The van der Waals surface area contributed by atoms with E-state index in [-0.39, 0.29) is 0 Å². The number of carbonyl (C=O) groups excluding carboxylic acids is 1. The van der Waals surface area contributed by atoms with Gasteiger partial charge in [-0.15, -0.1) is 0 Å². The van der Waals surface area contributed by atoms with Crippen molar-refractivity contribution < 1.29 is 19.8 Å².